The summed E-state index contributed by atoms with van der Waals surface area (Å²) in [7, 11) is 0. The fourth-order valence-electron chi connectivity index (χ4n) is 4.79. The van der Waals surface area contributed by atoms with Crippen molar-refractivity contribution in [1.29, 1.82) is 0 Å². The maximum absolute atomic E-state index is 10.2. The number of hydrogen-bond acceptors (Lipinski definition) is 1. The second-order valence-corrected chi connectivity index (χ2v) is 5.52. The van der Waals surface area contributed by atoms with Gasteiger partial charge >= 0.3 is 0 Å². The van der Waals surface area contributed by atoms with Crippen molar-refractivity contribution >= 4 is 0 Å². The summed E-state index contributed by atoms with van der Waals surface area (Å²) in [6.45, 7) is 0. The third kappa shape index (κ3) is 0.633. The van der Waals surface area contributed by atoms with Gasteiger partial charge in [-0.1, -0.05) is 12.2 Å². The Bertz CT molecular complexity index is 257. The van der Waals surface area contributed by atoms with Crippen LogP contribution in [0.25, 0.3) is 0 Å². The molecule has 3 fully saturated rings. The predicted octanol–water partition coefficient (Wildman–Crippen LogP) is 1.83. The fourth-order valence-corrected chi connectivity index (χ4v) is 4.79. The Morgan fingerprint density at radius 1 is 0.923 bits per heavy atom. The molecular weight excluding hydrogens is 160 g/mol. The zero-order valence-corrected chi connectivity index (χ0v) is 7.76. The third-order valence-electron chi connectivity index (χ3n) is 5.28. The molecular formula is C12H16O. The van der Waals surface area contributed by atoms with Gasteiger partial charge in [0.1, 0.15) is 0 Å². The van der Waals surface area contributed by atoms with E-state index < -0.39 is 0 Å². The standard InChI is InChI=1S/C12H16O/c13-12-10-6-1-2-7(5-6)11(12)9-4-3-8(9)10/h3-4,6-13H,1-2,5H2. The number of rotatable bonds is 0. The van der Waals surface area contributed by atoms with Crippen LogP contribution in [0.3, 0.4) is 0 Å². The molecule has 1 nitrogen and oxygen atoms in total. The molecule has 1 heteroatoms. The molecule has 3 saturated carbocycles. The number of aliphatic hydroxyl groups excluding tert-OH is 1. The Morgan fingerprint density at radius 2 is 1.46 bits per heavy atom. The highest BCUT2D eigenvalue weighted by Crippen LogP contribution is 2.63. The van der Waals surface area contributed by atoms with Crippen molar-refractivity contribution in [2.24, 2.45) is 35.5 Å². The van der Waals surface area contributed by atoms with E-state index in [1.165, 1.54) is 19.3 Å². The minimum absolute atomic E-state index is 0.0521. The van der Waals surface area contributed by atoms with E-state index in [2.05, 4.69) is 12.2 Å². The van der Waals surface area contributed by atoms with Gasteiger partial charge in [0.25, 0.3) is 0 Å². The lowest BCUT2D eigenvalue weighted by atomic mass is 9.74. The van der Waals surface area contributed by atoms with Crippen LogP contribution in [0.4, 0.5) is 0 Å². The van der Waals surface area contributed by atoms with Crippen LogP contribution in [0, 0.1) is 35.5 Å². The quantitative estimate of drug-likeness (QED) is 0.558. The monoisotopic (exact) mass is 176 g/mol. The molecule has 6 atom stereocenters. The van der Waals surface area contributed by atoms with Gasteiger partial charge in [-0.05, 0) is 54.8 Å². The summed E-state index contributed by atoms with van der Waals surface area (Å²) in [4.78, 5) is 0. The molecule has 6 unspecified atom stereocenters. The smallest absolute Gasteiger partial charge is 0.0613 e. The van der Waals surface area contributed by atoms with Crippen LogP contribution in [-0.2, 0) is 0 Å². The molecule has 0 heterocycles. The van der Waals surface area contributed by atoms with Gasteiger partial charge in [-0.15, -0.1) is 0 Å². The Hall–Kier alpha value is -0.300. The van der Waals surface area contributed by atoms with E-state index in [-0.39, 0.29) is 6.10 Å². The van der Waals surface area contributed by atoms with Crippen LogP contribution in [-0.4, -0.2) is 11.2 Å². The Kier molecular flexibility index (Phi) is 1.10. The summed E-state index contributed by atoms with van der Waals surface area (Å²) in [5.41, 5.74) is 0. The second-order valence-electron chi connectivity index (χ2n) is 5.52. The molecule has 13 heavy (non-hydrogen) atoms. The summed E-state index contributed by atoms with van der Waals surface area (Å²) in [6, 6.07) is 0. The Labute approximate surface area is 78.8 Å². The number of aliphatic hydroxyl groups is 1. The van der Waals surface area contributed by atoms with Crippen LogP contribution in [0.1, 0.15) is 19.3 Å². The first-order valence-corrected chi connectivity index (χ1v) is 5.72. The zero-order chi connectivity index (χ0) is 8.58. The molecule has 4 rings (SSSR count). The average molecular weight is 176 g/mol. The maximum Gasteiger partial charge on any atom is 0.0613 e. The first kappa shape index (κ1) is 7.05. The summed E-state index contributed by atoms with van der Waals surface area (Å²) < 4.78 is 0. The molecule has 4 aliphatic carbocycles. The van der Waals surface area contributed by atoms with E-state index in [4.69, 9.17) is 0 Å². The van der Waals surface area contributed by atoms with Gasteiger partial charge < -0.3 is 5.11 Å². The highest BCUT2D eigenvalue weighted by molar-refractivity contribution is 5.24. The molecule has 0 aliphatic heterocycles. The highest BCUT2D eigenvalue weighted by Gasteiger charge is 2.61. The minimum Gasteiger partial charge on any atom is -0.392 e. The highest BCUT2D eigenvalue weighted by atomic mass is 16.3. The van der Waals surface area contributed by atoms with E-state index in [0.717, 1.165) is 23.7 Å². The first-order chi connectivity index (χ1) is 6.36. The van der Waals surface area contributed by atoms with Crippen molar-refractivity contribution in [3.63, 3.8) is 0 Å². The van der Waals surface area contributed by atoms with Crippen molar-refractivity contribution in [2.45, 2.75) is 25.4 Å². The van der Waals surface area contributed by atoms with E-state index in [1.54, 1.807) is 0 Å². The molecule has 0 saturated heterocycles. The molecule has 70 valence electrons. The van der Waals surface area contributed by atoms with Crippen LogP contribution in [0.5, 0.6) is 0 Å². The molecule has 0 aromatic carbocycles. The Balaban J connectivity index is 1.84. The normalized spacial score (nSPS) is 66.4. The summed E-state index contributed by atoms with van der Waals surface area (Å²) >= 11 is 0. The van der Waals surface area contributed by atoms with E-state index >= 15 is 0 Å². The van der Waals surface area contributed by atoms with Crippen molar-refractivity contribution in [3.05, 3.63) is 12.2 Å². The van der Waals surface area contributed by atoms with Gasteiger partial charge in [0.05, 0.1) is 6.10 Å². The molecule has 0 radical (unpaired) electrons. The molecule has 4 bridgehead atoms. The molecule has 1 N–H and O–H groups in total. The van der Waals surface area contributed by atoms with Crippen molar-refractivity contribution in [1.82, 2.24) is 0 Å². The van der Waals surface area contributed by atoms with Gasteiger partial charge in [-0.25, -0.2) is 0 Å². The van der Waals surface area contributed by atoms with E-state index in [1.807, 2.05) is 0 Å². The summed E-state index contributed by atoms with van der Waals surface area (Å²) in [6.07, 6.45) is 9.01. The van der Waals surface area contributed by atoms with E-state index in [9.17, 15) is 5.11 Å². The Morgan fingerprint density at radius 3 is 1.92 bits per heavy atom. The molecule has 0 aromatic rings. The third-order valence-corrected chi connectivity index (χ3v) is 5.28. The summed E-state index contributed by atoms with van der Waals surface area (Å²) in [5.74, 6) is 4.59. The van der Waals surface area contributed by atoms with Gasteiger partial charge in [-0.3, -0.25) is 0 Å². The maximum atomic E-state index is 10.2. The number of allylic oxidation sites excluding steroid dienone is 2. The topological polar surface area (TPSA) is 20.2 Å². The van der Waals surface area contributed by atoms with Crippen LogP contribution < -0.4 is 0 Å². The van der Waals surface area contributed by atoms with Gasteiger partial charge in [0.2, 0.25) is 0 Å². The molecule has 0 aromatic heterocycles. The molecule has 0 spiro atoms. The predicted molar refractivity (Wildman–Crippen MR) is 49.9 cm³/mol. The van der Waals surface area contributed by atoms with Crippen molar-refractivity contribution < 1.29 is 5.11 Å². The second kappa shape index (κ2) is 2.03. The van der Waals surface area contributed by atoms with Crippen molar-refractivity contribution in [2.75, 3.05) is 0 Å². The van der Waals surface area contributed by atoms with E-state index in [0.29, 0.717) is 11.8 Å². The minimum atomic E-state index is 0.0521. The van der Waals surface area contributed by atoms with Crippen molar-refractivity contribution in [3.8, 4) is 0 Å². The lowest BCUT2D eigenvalue weighted by Crippen LogP contribution is -2.34. The van der Waals surface area contributed by atoms with Crippen LogP contribution in [0.2, 0.25) is 0 Å². The number of fused-ring (bicyclic) bond motifs is 9. The largest absolute Gasteiger partial charge is 0.392 e. The fraction of sp³-hybridized carbons (Fsp3) is 0.833. The van der Waals surface area contributed by atoms with Crippen LogP contribution in [0.15, 0.2) is 12.2 Å². The van der Waals surface area contributed by atoms with Crippen LogP contribution >= 0.6 is 0 Å². The van der Waals surface area contributed by atoms with Gasteiger partial charge in [0.15, 0.2) is 0 Å². The number of hydrogen-bond donors (Lipinski definition) is 1. The zero-order valence-electron chi connectivity index (χ0n) is 7.76. The first-order valence-electron chi connectivity index (χ1n) is 5.72. The SMILES string of the molecule is OC1C2C3CCC(C3)C1C1C=CC12. The molecule has 0 amide bonds. The lowest BCUT2D eigenvalue weighted by molar-refractivity contribution is 0.0158. The summed E-state index contributed by atoms with van der Waals surface area (Å²) in [5, 5.41) is 10.2. The van der Waals surface area contributed by atoms with Gasteiger partial charge in [-0.2, -0.15) is 0 Å². The average Bonchev–Trinajstić information content (AvgIpc) is 2.53. The van der Waals surface area contributed by atoms with Gasteiger partial charge in [0, 0.05) is 0 Å². The lowest BCUT2D eigenvalue weighted by Gasteiger charge is -2.32. The molecule has 4 aliphatic rings.